The standard InChI is InChI=1S/C27H55NO2/c1-4-6-8-10-11-12-13-14-15-16-18-20-22-27(30)23-26(24-29)28-25(3)21-19-17-9-7-5-2/h26-30H,3-24H2,1-2H3/t26-,27-/m1/s1. The Labute approximate surface area is 189 Å². The first-order valence-electron chi connectivity index (χ1n) is 13.4. The van der Waals surface area contributed by atoms with Gasteiger partial charge < -0.3 is 15.5 Å². The summed E-state index contributed by atoms with van der Waals surface area (Å²) < 4.78 is 0. The van der Waals surface area contributed by atoms with E-state index in [0.29, 0.717) is 6.42 Å². The molecule has 0 aliphatic heterocycles. The maximum Gasteiger partial charge on any atom is 0.0633 e. The number of nitrogens with one attached hydrogen (secondary N) is 1. The zero-order valence-corrected chi connectivity index (χ0v) is 20.6. The molecule has 0 rings (SSSR count). The van der Waals surface area contributed by atoms with Gasteiger partial charge in [-0.1, -0.05) is 123 Å². The molecule has 3 N–H and O–H groups in total. The van der Waals surface area contributed by atoms with Crippen molar-refractivity contribution in [3.63, 3.8) is 0 Å². The van der Waals surface area contributed by atoms with Crippen molar-refractivity contribution in [2.75, 3.05) is 6.61 Å². The lowest BCUT2D eigenvalue weighted by atomic mass is 10.0. The lowest BCUT2D eigenvalue weighted by Crippen LogP contribution is -2.35. The first-order chi connectivity index (χ1) is 14.6. The van der Waals surface area contributed by atoms with Crippen LogP contribution in [-0.4, -0.2) is 29.0 Å². The van der Waals surface area contributed by atoms with Gasteiger partial charge in [-0.25, -0.2) is 0 Å². The molecule has 0 aromatic carbocycles. The molecular formula is C27H55NO2. The number of aliphatic hydroxyl groups is 2. The highest BCUT2D eigenvalue weighted by Gasteiger charge is 2.14. The first-order valence-corrected chi connectivity index (χ1v) is 13.4. The molecule has 3 nitrogen and oxygen atoms in total. The van der Waals surface area contributed by atoms with Crippen LogP contribution in [0.2, 0.25) is 0 Å². The lowest BCUT2D eigenvalue weighted by Gasteiger charge is -2.22. The molecule has 0 fully saturated rings. The molecule has 2 atom stereocenters. The maximum atomic E-state index is 10.3. The second-order valence-corrected chi connectivity index (χ2v) is 9.36. The van der Waals surface area contributed by atoms with Gasteiger partial charge in [-0.05, 0) is 25.7 Å². The Balaban J connectivity index is 3.57. The lowest BCUT2D eigenvalue weighted by molar-refractivity contribution is 0.121. The van der Waals surface area contributed by atoms with Crippen molar-refractivity contribution in [1.82, 2.24) is 5.32 Å². The van der Waals surface area contributed by atoms with Gasteiger partial charge in [-0.2, -0.15) is 0 Å². The van der Waals surface area contributed by atoms with E-state index in [4.69, 9.17) is 0 Å². The van der Waals surface area contributed by atoms with Gasteiger partial charge in [0.15, 0.2) is 0 Å². The summed E-state index contributed by atoms with van der Waals surface area (Å²) in [7, 11) is 0. The Morgan fingerprint density at radius 3 is 1.60 bits per heavy atom. The number of hydrogen-bond donors (Lipinski definition) is 3. The average molecular weight is 426 g/mol. The Hall–Kier alpha value is -0.540. The summed E-state index contributed by atoms with van der Waals surface area (Å²) in [6.07, 6.45) is 24.5. The number of hydrogen-bond acceptors (Lipinski definition) is 3. The molecular weight excluding hydrogens is 370 g/mol. The van der Waals surface area contributed by atoms with Gasteiger partial charge in [0.25, 0.3) is 0 Å². The summed E-state index contributed by atoms with van der Waals surface area (Å²) in [5.41, 5.74) is 1.00. The Bertz CT molecular complexity index is 359. The van der Waals surface area contributed by atoms with Crippen molar-refractivity contribution in [2.45, 2.75) is 154 Å². The summed E-state index contributed by atoms with van der Waals surface area (Å²) in [6.45, 7) is 8.66. The number of allylic oxidation sites excluding steroid dienone is 1. The van der Waals surface area contributed by atoms with Gasteiger partial charge in [0.05, 0.1) is 18.8 Å². The molecule has 0 bridgehead atoms. The van der Waals surface area contributed by atoms with Crippen molar-refractivity contribution >= 4 is 0 Å². The van der Waals surface area contributed by atoms with E-state index >= 15 is 0 Å². The fourth-order valence-electron chi connectivity index (χ4n) is 4.15. The van der Waals surface area contributed by atoms with E-state index < -0.39 is 0 Å². The Kier molecular flexibility index (Phi) is 22.7. The summed E-state index contributed by atoms with van der Waals surface area (Å²) in [5.74, 6) is 0. The number of unbranched alkanes of at least 4 members (excludes halogenated alkanes) is 15. The molecule has 3 heteroatoms. The first kappa shape index (κ1) is 29.5. The fourth-order valence-corrected chi connectivity index (χ4v) is 4.15. The molecule has 0 radical (unpaired) electrons. The Morgan fingerprint density at radius 2 is 1.13 bits per heavy atom. The quantitative estimate of drug-likeness (QED) is 0.139. The average Bonchev–Trinajstić information content (AvgIpc) is 2.73. The van der Waals surface area contributed by atoms with E-state index in [2.05, 4.69) is 25.7 Å². The van der Waals surface area contributed by atoms with Crippen LogP contribution in [0.25, 0.3) is 0 Å². The van der Waals surface area contributed by atoms with E-state index in [9.17, 15) is 10.2 Å². The van der Waals surface area contributed by atoms with E-state index in [-0.39, 0.29) is 18.8 Å². The van der Waals surface area contributed by atoms with Gasteiger partial charge in [0, 0.05) is 5.70 Å². The van der Waals surface area contributed by atoms with Crippen molar-refractivity contribution in [1.29, 1.82) is 0 Å². The molecule has 30 heavy (non-hydrogen) atoms. The van der Waals surface area contributed by atoms with Gasteiger partial charge in [-0.15, -0.1) is 0 Å². The minimum atomic E-state index is -0.324. The van der Waals surface area contributed by atoms with Crippen LogP contribution in [0.5, 0.6) is 0 Å². The predicted octanol–water partition coefficient (Wildman–Crippen LogP) is 7.65. The van der Waals surface area contributed by atoms with E-state index in [1.54, 1.807) is 0 Å². The predicted molar refractivity (Wildman–Crippen MR) is 133 cm³/mol. The van der Waals surface area contributed by atoms with Crippen LogP contribution in [0.4, 0.5) is 0 Å². The van der Waals surface area contributed by atoms with Gasteiger partial charge >= 0.3 is 0 Å². The van der Waals surface area contributed by atoms with Gasteiger partial charge in [-0.3, -0.25) is 0 Å². The molecule has 0 amide bonds. The Morgan fingerprint density at radius 1 is 0.700 bits per heavy atom. The van der Waals surface area contributed by atoms with Crippen molar-refractivity contribution in [3.05, 3.63) is 12.3 Å². The minimum Gasteiger partial charge on any atom is -0.394 e. The molecule has 0 aliphatic rings. The maximum absolute atomic E-state index is 10.3. The SMILES string of the molecule is C=C(CCCCCCC)N[C@@H](CO)C[C@H](O)CCCCCCCCCCCCCC. The molecule has 0 unspecified atom stereocenters. The summed E-state index contributed by atoms with van der Waals surface area (Å²) in [5, 5.41) is 23.3. The van der Waals surface area contributed by atoms with E-state index in [1.165, 1.54) is 96.3 Å². The van der Waals surface area contributed by atoms with Crippen LogP contribution in [0.1, 0.15) is 142 Å². The third-order valence-corrected chi connectivity index (χ3v) is 6.16. The van der Waals surface area contributed by atoms with Crippen LogP contribution in [0.3, 0.4) is 0 Å². The molecule has 0 saturated carbocycles. The zero-order valence-electron chi connectivity index (χ0n) is 20.6. The molecule has 0 heterocycles. The second kappa shape index (κ2) is 23.1. The van der Waals surface area contributed by atoms with E-state index in [0.717, 1.165) is 31.4 Å². The van der Waals surface area contributed by atoms with Gasteiger partial charge in [0.2, 0.25) is 0 Å². The van der Waals surface area contributed by atoms with Crippen LogP contribution in [0, 0.1) is 0 Å². The number of rotatable bonds is 24. The number of aliphatic hydroxyl groups excluding tert-OH is 2. The van der Waals surface area contributed by atoms with Crippen LogP contribution in [0.15, 0.2) is 12.3 Å². The van der Waals surface area contributed by atoms with Crippen molar-refractivity contribution < 1.29 is 10.2 Å². The van der Waals surface area contributed by atoms with E-state index in [1.807, 2.05) is 0 Å². The highest BCUT2D eigenvalue weighted by Crippen LogP contribution is 2.15. The van der Waals surface area contributed by atoms with Crippen molar-refractivity contribution in [3.8, 4) is 0 Å². The topological polar surface area (TPSA) is 52.5 Å². The minimum absolute atomic E-state index is 0.0599. The molecule has 0 aromatic rings. The second-order valence-electron chi connectivity index (χ2n) is 9.36. The molecule has 0 aromatic heterocycles. The van der Waals surface area contributed by atoms with Crippen LogP contribution in [-0.2, 0) is 0 Å². The van der Waals surface area contributed by atoms with Gasteiger partial charge in [0.1, 0.15) is 0 Å². The zero-order chi connectivity index (χ0) is 22.3. The molecule has 0 spiro atoms. The molecule has 0 saturated heterocycles. The third-order valence-electron chi connectivity index (χ3n) is 6.16. The summed E-state index contributed by atoms with van der Waals surface area (Å²) >= 11 is 0. The normalized spacial score (nSPS) is 13.3. The third kappa shape index (κ3) is 20.7. The smallest absolute Gasteiger partial charge is 0.0633 e. The fraction of sp³-hybridized carbons (Fsp3) is 0.926. The largest absolute Gasteiger partial charge is 0.394 e. The van der Waals surface area contributed by atoms with Crippen LogP contribution >= 0.6 is 0 Å². The molecule has 180 valence electrons. The molecule has 0 aliphatic carbocycles. The monoisotopic (exact) mass is 425 g/mol. The highest BCUT2D eigenvalue weighted by molar-refractivity contribution is 4.94. The summed E-state index contributed by atoms with van der Waals surface area (Å²) in [4.78, 5) is 0. The van der Waals surface area contributed by atoms with Crippen LogP contribution < -0.4 is 5.32 Å². The highest BCUT2D eigenvalue weighted by atomic mass is 16.3. The van der Waals surface area contributed by atoms with Crippen molar-refractivity contribution in [2.24, 2.45) is 0 Å². The summed E-state index contributed by atoms with van der Waals surface area (Å²) in [6, 6.07) is -0.0690.